The van der Waals surface area contributed by atoms with Crippen LogP contribution in [0.3, 0.4) is 0 Å². The van der Waals surface area contributed by atoms with Gasteiger partial charge in [0.2, 0.25) is 0 Å². The Bertz CT molecular complexity index is 435. The Hall–Kier alpha value is -1.66. The van der Waals surface area contributed by atoms with Gasteiger partial charge in [-0.2, -0.15) is 0 Å². The predicted molar refractivity (Wildman–Crippen MR) is 57.2 cm³/mol. The monoisotopic (exact) mass is 219 g/mol. The number of aldehydes is 1. The molecule has 16 heavy (non-hydrogen) atoms. The molecule has 1 heterocycles. The van der Waals surface area contributed by atoms with Crippen LogP contribution >= 0.6 is 0 Å². The van der Waals surface area contributed by atoms with Gasteiger partial charge in [-0.25, -0.2) is 0 Å². The maximum atomic E-state index is 11.5. The second-order valence-electron chi connectivity index (χ2n) is 3.45. The SMILES string of the molecule is O=CCNC(=O)c1ccc2c(c1)B(O)OC2. The highest BCUT2D eigenvalue weighted by Crippen LogP contribution is 2.11. The lowest BCUT2D eigenvalue weighted by molar-refractivity contribution is -0.107. The zero-order valence-corrected chi connectivity index (χ0v) is 8.47. The first kappa shape index (κ1) is 10.8. The fourth-order valence-electron chi connectivity index (χ4n) is 1.59. The van der Waals surface area contributed by atoms with Gasteiger partial charge in [0.1, 0.15) is 6.29 Å². The minimum absolute atomic E-state index is 0.0189. The highest BCUT2D eigenvalue weighted by atomic mass is 16.5. The lowest BCUT2D eigenvalue weighted by Crippen LogP contribution is -2.31. The summed E-state index contributed by atoms with van der Waals surface area (Å²) < 4.78 is 5.01. The van der Waals surface area contributed by atoms with Crippen molar-refractivity contribution in [2.75, 3.05) is 6.54 Å². The Morgan fingerprint density at radius 1 is 1.62 bits per heavy atom. The van der Waals surface area contributed by atoms with E-state index in [1.165, 1.54) is 0 Å². The summed E-state index contributed by atoms with van der Waals surface area (Å²) in [6.45, 7) is 0.335. The minimum atomic E-state index is -0.964. The van der Waals surface area contributed by atoms with Crippen LogP contribution in [0.15, 0.2) is 18.2 Å². The van der Waals surface area contributed by atoms with Crippen LogP contribution in [-0.4, -0.2) is 30.9 Å². The Morgan fingerprint density at radius 2 is 2.44 bits per heavy atom. The molecule has 5 nitrogen and oxygen atoms in total. The Labute approximate surface area is 92.6 Å². The fourth-order valence-corrected chi connectivity index (χ4v) is 1.59. The van der Waals surface area contributed by atoms with Crippen LogP contribution in [0.2, 0.25) is 0 Å². The van der Waals surface area contributed by atoms with Crippen molar-refractivity contribution < 1.29 is 19.3 Å². The first-order valence-electron chi connectivity index (χ1n) is 4.86. The molecule has 0 fully saturated rings. The normalized spacial score (nSPS) is 13.4. The molecule has 1 aromatic carbocycles. The van der Waals surface area contributed by atoms with Gasteiger partial charge in [0, 0.05) is 5.56 Å². The van der Waals surface area contributed by atoms with Crippen LogP contribution in [0.4, 0.5) is 0 Å². The summed E-state index contributed by atoms with van der Waals surface area (Å²) >= 11 is 0. The van der Waals surface area contributed by atoms with Gasteiger partial charge in [-0.3, -0.25) is 4.79 Å². The standard InChI is InChI=1S/C10H10BNO4/c13-4-3-12-10(14)7-1-2-8-6-16-11(15)9(8)5-7/h1-2,4-5,15H,3,6H2,(H,12,14). The number of nitrogens with one attached hydrogen (secondary N) is 1. The molecular weight excluding hydrogens is 209 g/mol. The van der Waals surface area contributed by atoms with Crippen LogP contribution in [0, 0.1) is 0 Å². The van der Waals surface area contributed by atoms with Crippen molar-refractivity contribution in [2.45, 2.75) is 6.61 Å². The van der Waals surface area contributed by atoms with E-state index in [0.717, 1.165) is 5.56 Å². The van der Waals surface area contributed by atoms with Crippen LogP contribution in [0.1, 0.15) is 15.9 Å². The van der Waals surface area contributed by atoms with Gasteiger partial charge < -0.3 is 19.8 Å². The molecule has 0 radical (unpaired) electrons. The van der Waals surface area contributed by atoms with E-state index >= 15 is 0 Å². The molecule has 1 aliphatic rings. The molecule has 0 aliphatic carbocycles. The van der Waals surface area contributed by atoms with E-state index in [9.17, 15) is 14.6 Å². The smallest absolute Gasteiger partial charge is 0.423 e. The molecule has 1 aromatic rings. The zero-order valence-electron chi connectivity index (χ0n) is 8.47. The molecule has 0 saturated heterocycles. The summed E-state index contributed by atoms with van der Waals surface area (Å²) in [5.41, 5.74) is 1.89. The number of benzene rings is 1. The van der Waals surface area contributed by atoms with Crippen LogP contribution < -0.4 is 10.8 Å². The maximum Gasteiger partial charge on any atom is 0.491 e. The summed E-state index contributed by atoms with van der Waals surface area (Å²) in [7, 11) is -0.964. The number of amides is 1. The van der Waals surface area contributed by atoms with Crippen molar-refractivity contribution >= 4 is 24.8 Å². The largest absolute Gasteiger partial charge is 0.491 e. The van der Waals surface area contributed by atoms with Crippen LogP contribution in [0.5, 0.6) is 0 Å². The van der Waals surface area contributed by atoms with Crippen molar-refractivity contribution in [2.24, 2.45) is 0 Å². The summed E-state index contributed by atoms with van der Waals surface area (Å²) in [6, 6.07) is 4.95. The lowest BCUT2D eigenvalue weighted by atomic mass is 9.79. The average molecular weight is 219 g/mol. The van der Waals surface area contributed by atoms with Gasteiger partial charge in [0.25, 0.3) is 5.91 Å². The van der Waals surface area contributed by atoms with Gasteiger partial charge in [-0.1, -0.05) is 6.07 Å². The summed E-state index contributed by atoms with van der Waals surface area (Å²) in [5, 5.41) is 11.9. The van der Waals surface area contributed by atoms with Gasteiger partial charge in [-0.05, 0) is 23.2 Å². The first-order valence-corrected chi connectivity index (χ1v) is 4.86. The number of fused-ring (bicyclic) bond motifs is 1. The molecule has 1 amide bonds. The van der Waals surface area contributed by atoms with E-state index in [4.69, 9.17) is 4.65 Å². The number of carbonyl (C=O) groups excluding carboxylic acids is 2. The van der Waals surface area contributed by atoms with E-state index in [1.807, 2.05) is 0 Å². The molecule has 0 bridgehead atoms. The maximum absolute atomic E-state index is 11.5. The molecule has 0 aromatic heterocycles. The van der Waals surface area contributed by atoms with Crippen molar-refractivity contribution in [3.63, 3.8) is 0 Å². The van der Waals surface area contributed by atoms with E-state index in [0.29, 0.717) is 23.9 Å². The molecule has 82 valence electrons. The fraction of sp³-hybridized carbons (Fsp3) is 0.200. The summed E-state index contributed by atoms with van der Waals surface area (Å²) in [6.07, 6.45) is 0.614. The summed E-state index contributed by atoms with van der Waals surface area (Å²) in [4.78, 5) is 21.6. The van der Waals surface area contributed by atoms with E-state index in [2.05, 4.69) is 5.32 Å². The number of hydrogen-bond acceptors (Lipinski definition) is 4. The Kier molecular flexibility index (Phi) is 3.03. The highest BCUT2D eigenvalue weighted by Gasteiger charge is 2.27. The molecule has 1 aliphatic heterocycles. The second kappa shape index (κ2) is 4.46. The average Bonchev–Trinajstić information content (AvgIpc) is 2.67. The molecule has 2 rings (SSSR count). The minimum Gasteiger partial charge on any atom is -0.423 e. The number of carbonyl (C=O) groups is 2. The zero-order chi connectivity index (χ0) is 11.5. The van der Waals surface area contributed by atoms with Crippen LogP contribution in [0.25, 0.3) is 0 Å². The van der Waals surface area contributed by atoms with E-state index in [1.54, 1.807) is 18.2 Å². The van der Waals surface area contributed by atoms with Crippen molar-refractivity contribution in [3.05, 3.63) is 29.3 Å². The van der Waals surface area contributed by atoms with Gasteiger partial charge in [0.15, 0.2) is 0 Å². The third-order valence-corrected chi connectivity index (χ3v) is 2.42. The third-order valence-electron chi connectivity index (χ3n) is 2.42. The molecular formula is C10H10BNO4. The second-order valence-corrected chi connectivity index (χ2v) is 3.45. The Balaban J connectivity index is 2.20. The number of hydrogen-bond donors (Lipinski definition) is 2. The number of rotatable bonds is 3. The molecule has 2 N–H and O–H groups in total. The lowest BCUT2D eigenvalue weighted by Gasteiger charge is -2.04. The van der Waals surface area contributed by atoms with Gasteiger partial charge >= 0.3 is 7.12 Å². The van der Waals surface area contributed by atoms with Crippen molar-refractivity contribution in [1.29, 1.82) is 0 Å². The topological polar surface area (TPSA) is 75.6 Å². The molecule has 0 atom stereocenters. The van der Waals surface area contributed by atoms with Gasteiger partial charge in [0.05, 0.1) is 13.2 Å². The molecule has 0 unspecified atom stereocenters. The molecule has 0 saturated carbocycles. The molecule has 6 heteroatoms. The quantitative estimate of drug-likeness (QED) is 0.496. The summed E-state index contributed by atoms with van der Waals surface area (Å²) in [5.74, 6) is -0.339. The predicted octanol–water partition coefficient (Wildman–Crippen LogP) is -1.17. The third kappa shape index (κ3) is 1.98. The van der Waals surface area contributed by atoms with E-state index in [-0.39, 0.29) is 12.5 Å². The molecule has 0 spiro atoms. The van der Waals surface area contributed by atoms with E-state index < -0.39 is 7.12 Å². The first-order chi connectivity index (χ1) is 7.72. The van der Waals surface area contributed by atoms with Crippen molar-refractivity contribution in [1.82, 2.24) is 5.32 Å². The highest BCUT2D eigenvalue weighted by molar-refractivity contribution is 6.61. The van der Waals surface area contributed by atoms with Gasteiger partial charge in [-0.15, -0.1) is 0 Å². The van der Waals surface area contributed by atoms with Crippen LogP contribution in [-0.2, 0) is 16.1 Å². The Morgan fingerprint density at radius 3 is 3.19 bits per heavy atom. The van der Waals surface area contributed by atoms with Crippen molar-refractivity contribution in [3.8, 4) is 0 Å².